The summed E-state index contributed by atoms with van der Waals surface area (Å²) >= 11 is 3.32. The van der Waals surface area contributed by atoms with Crippen molar-refractivity contribution >= 4 is 15.9 Å². The number of phenols is 1. The lowest BCUT2D eigenvalue weighted by Crippen LogP contribution is -2.51. The first-order valence-electron chi connectivity index (χ1n) is 6.88. The summed E-state index contributed by atoms with van der Waals surface area (Å²) in [5, 5.41) is 23.2. The van der Waals surface area contributed by atoms with Gasteiger partial charge in [-0.3, -0.25) is 0 Å². The monoisotopic (exact) mass is 327 g/mol. The van der Waals surface area contributed by atoms with Crippen molar-refractivity contribution in [2.24, 2.45) is 5.92 Å². The zero-order valence-corrected chi connectivity index (χ0v) is 12.9. The van der Waals surface area contributed by atoms with Crippen molar-refractivity contribution in [1.82, 2.24) is 5.32 Å². The Labute approximate surface area is 123 Å². The van der Waals surface area contributed by atoms with Crippen LogP contribution in [0.3, 0.4) is 0 Å². The third-order valence-electron chi connectivity index (χ3n) is 4.12. The predicted molar refractivity (Wildman–Crippen MR) is 80.1 cm³/mol. The maximum atomic E-state index is 9.99. The maximum absolute atomic E-state index is 9.99. The zero-order chi connectivity index (χ0) is 13.9. The van der Waals surface area contributed by atoms with Gasteiger partial charge >= 0.3 is 0 Å². The highest BCUT2D eigenvalue weighted by atomic mass is 79.9. The Kier molecular flexibility index (Phi) is 4.87. The number of phenolic OH excluding ortho intramolecular Hbond substituents is 1. The van der Waals surface area contributed by atoms with E-state index in [2.05, 4.69) is 28.2 Å². The van der Waals surface area contributed by atoms with E-state index in [0.29, 0.717) is 16.9 Å². The lowest BCUT2D eigenvalue weighted by atomic mass is 9.77. The Morgan fingerprint density at radius 2 is 2.26 bits per heavy atom. The van der Waals surface area contributed by atoms with Gasteiger partial charge in [0.2, 0.25) is 0 Å². The average Bonchev–Trinajstić information content (AvgIpc) is 2.40. The largest absolute Gasteiger partial charge is 0.506 e. The molecule has 1 aliphatic rings. The minimum absolute atomic E-state index is 0.159. The van der Waals surface area contributed by atoms with Crippen LogP contribution in [0.5, 0.6) is 5.75 Å². The van der Waals surface area contributed by atoms with Crippen LogP contribution < -0.4 is 5.32 Å². The summed E-state index contributed by atoms with van der Waals surface area (Å²) in [5.41, 5.74) is 0.673. The molecule has 19 heavy (non-hydrogen) atoms. The maximum Gasteiger partial charge on any atom is 0.134 e. The molecule has 3 N–H and O–H groups in total. The van der Waals surface area contributed by atoms with Gasteiger partial charge in [-0.15, -0.1) is 0 Å². The summed E-state index contributed by atoms with van der Waals surface area (Å²) in [7, 11) is 0. The third-order valence-corrected chi connectivity index (χ3v) is 4.76. The molecule has 0 saturated heterocycles. The Hall–Kier alpha value is -0.580. The molecular weight excluding hydrogens is 306 g/mol. The normalized spacial score (nSPS) is 27.4. The zero-order valence-electron chi connectivity index (χ0n) is 11.3. The van der Waals surface area contributed by atoms with Gasteiger partial charge in [0.15, 0.2) is 0 Å². The van der Waals surface area contributed by atoms with Gasteiger partial charge in [0.1, 0.15) is 5.75 Å². The second kappa shape index (κ2) is 6.25. The van der Waals surface area contributed by atoms with Crippen LogP contribution in [0.25, 0.3) is 0 Å². The Morgan fingerprint density at radius 1 is 1.47 bits per heavy atom. The molecule has 2 unspecified atom stereocenters. The van der Waals surface area contributed by atoms with E-state index in [-0.39, 0.29) is 17.9 Å². The summed E-state index contributed by atoms with van der Waals surface area (Å²) in [4.78, 5) is 0. The first-order chi connectivity index (χ1) is 9.06. The lowest BCUT2D eigenvalue weighted by Gasteiger charge is -2.39. The molecule has 4 heteroatoms. The van der Waals surface area contributed by atoms with Crippen molar-refractivity contribution in [2.45, 2.75) is 44.7 Å². The van der Waals surface area contributed by atoms with Crippen LogP contribution in [-0.4, -0.2) is 22.4 Å². The van der Waals surface area contributed by atoms with Crippen LogP contribution in [-0.2, 0) is 6.54 Å². The van der Waals surface area contributed by atoms with Gasteiger partial charge in [-0.2, -0.15) is 0 Å². The molecule has 0 bridgehead atoms. The molecule has 0 aromatic heterocycles. The van der Waals surface area contributed by atoms with Crippen molar-refractivity contribution in [1.29, 1.82) is 0 Å². The number of aromatic hydroxyl groups is 1. The van der Waals surface area contributed by atoms with Crippen molar-refractivity contribution in [3.8, 4) is 5.75 Å². The minimum Gasteiger partial charge on any atom is -0.506 e. The fraction of sp³-hybridized carbons (Fsp3) is 0.600. The van der Waals surface area contributed by atoms with Crippen LogP contribution in [0.1, 0.15) is 38.2 Å². The topological polar surface area (TPSA) is 52.5 Å². The van der Waals surface area contributed by atoms with Gasteiger partial charge in [-0.05, 0) is 40.8 Å². The molecule has 1 fully saturated rings. The van der Waals surface area contributed by atoms with E-state index in [9.17, 15) is 10.2 Å². The van der Waals surface area contributed by atoms with Gasteiger partial charge in [0.25, 0.3) is 0 Å². The number of rotatable bonds is 4. The lowest BCUT2D eigenvalue weighted by molar-refractivity contribution is 0.0980. The van der Waals surface area contributed by atoms with Crippen LogP contribution in [0.15, 0.2) is 22.7 Å². The Morgan fingerprint density at radius 3 is 2.95 bits per heavy atom. The smallest absolute Gasteiger partial charge is 0.134 e. The molecule has 2 atom stereocenters. The molecule has 0 spiro atoms. The number of aliphatic hydroxyl groups excluding tert-OH is 1. The average molecular weight is 328 g/mol. The quantitative estimate of drug-likeness (QED) is 0.796. The van der Waals surface area contributed by atoms with Crippen LogP contribution in [0.4, 0.5) is 0 Å². The van der Waals surface area contributed by atoms with E-state index in [1.807, 2.05) is 18.2 Å². The summed E-state index contributed by atoms with van der Waals surface area (Å²) in [6.45, 7) is 2.98. The molecule has 0 radical (unpaired) electrons. The van der Waals surface area contributed by atoms with Crippen molar-refractivity contribution in [2.75, 3.05) is 6.61 Å². The van der Waals surface area contributed by atoms with Crippen molar-refractivity contribution < 1.29 is 10.2 Å². The second-order valence-corrected chi connectivity index (χ2v) is 6.60. The molecule has 3 nitrogen and oxygen atoms in total. The van der Waals surface area contributed by atoms with Crippen LogP contribution in [0, 0.1) is 5.92 Å². The molecule has 1 aliphatic carbocycles. The van der Waals surface area contributed by atoms with Gasteiger partial charge in [0, 0.05) is 17.6 Å². The van der Waals surface area contributed by atoms with Crippen LogP contribution >= 0.6 is 15.9 Å². The highest BCUT2D eigenvalue weighted by Crippen LogP contribution is 2.33. The molecule has 2 rings (SSSR count). The summed E-state index contributed by atoms with van der Waals surface area (Å²) in [5.74, 6) is 0.927. The fourth-order valence-corrected chi connectivity index (χ4v) is 3.41. The summed E-state index contributed by atoms with van der Waals surface area (Å²) < 4.78 is 0.710. The van der Waals surface area contributed by atoms with E-state index >= 15 is 0 Å². The molecule has 106 valence electrons. The molecule has 0 amide bonds. The van der Waals surface area contributed by atoms with Crippen molar-refractivity contribution in [3.05, 3.63) is 28.2 Å². The summed E-state index contributed by atoms with van der Waals surface area (Å²) in [6.07, 6.45) is 4.39. The van der Waals surface area contributed by atoms with Gasteiger partial charge in [0.05, 0.1) is 11.1 Å². The highest BCUT2D eigenvalue weighted by molar-refractivity contribution is 9.10. The number of hydrogen-bond acceptors (Lipinski definition) is 3. The molecular formula is C15H22BrNO2. The third kappa shape index (κ3) is 3.50. The molecule has 1 aromatic rings. The van der Waals surface area contributed by atoms with Gasteiger partial charge in [-0.25, -0.2) is 0 Å². The number of halogens is 1. The van der Waals surface area contributed by atoms with Crippen molar-refractivity contribution in [3.63, 3.8) is 0 Å². The Bertz CT molecular complexity index is 438. The minimum atomic E-state index is -0.188. The number of aliphatic hydroxyl groups is 1. The number of nitrogens with one attached hydrogen (secondary N) is 1. The first-order valence-corrected chi connectivity index (χ1v) is 7.68. The number of para-hydroxylation sites is 1. The molecule has 0 heterocycles. The van der Waals surface area contributed by atoms with Gasteiger partial charge in [-0.1, -0.05) is 31.9 Å². The molecule has 0 aliphatic heterocycles. The van der Waals surface area contributed by atoms with E-state index < -0.39 is 0 Å². The predicted octanol–water partition coefficient (Wildman–Crippen LogP) is 3.19. The number of hydrogen-bond donors (Lipinski definition) is 3. The standard InChI is InChI=1S/C15H22BrNO2/c1-11-4-3-7-15(8-11,10-18)17-9-12-5-2-6-13(16)14(12)19/h2,5-6,11,17-19H,3-4,7-10H2,1H3. The number of benzene rings is 1. The van der Waals surface area contributed by atoms with Gasteiger partial charge < -0.3 is 15.5 Å². The molecule has 1 saturated carbocycles. The Balaban J connectivity index is 2.05. The molecule has 1 aromatic carbocycles. The van der Waals surface area contributed by atoms with E-state index in [4.69, 9.17) is 0 Å². The second-order valence-electron chi connectivity index (χ2n) is 5.74. The fourth-order valence-electron chi connectivity index (χ4n) is 3.01. The van der Waals surface area contributed by atoms with E-state index in [1.165, 1.54) is 6.42 Å². The first kappa shape index (κ1) is 14.8. The highest BCUT2D eigenvalue weighted by Gasteiger charge is 2.33. The SMILES string of the molecule is CC1CCCC(CO)(NCc2cccc(Br)c2O)C1. The van der Waals surface area contributed by atoms with E-state index in [0.717, 1.165) is 24.8 Å². The van der Waals surface area contributed by atoms with E-state index in [1.54, 1.807) is 0 Å². The van der Waals surface area contributed by atoms with Crippen LogP contribution in [0.2, 0.25) is 0 Å². The summed E-state index contributed by atoms with van der Waals surface area (Å²) in [6, 6.07) is 5.64.